The molecule has 2 N–H and O–H groups in total. The van der Waals surface area contributed by atoms with E-state index in [0.717, 1.165) is 24.2 Å². The highest BCUT2D eigenvalue weighted by Gasteiger charge is 2.13. The summed E-state index contributed by atoms with van der Waals surface area (Å²) in [5, 5.41) is 3.23. The van der Waals surface area contributed by atoms with E-state index < -0.39 is 10.0 Å². The molecule has 0 aromatic heterocycles. The molecule has 1 rings (SSSR count). The second-order valence-electron chi connectivity index (χ2n) is 4.97. The van der Waals surface area contributed by atoms with E-state index in [1.807, 2.05) is 38.1 Å². The Balaban J connectivity index is 2.50. The van der Waals surface area contributed by atoms with Gasteiger partial charge in [-0.1, -0.05) is 31.2 Å². The molecule has 6 heteroatoms. The number of sulfonamides is 1. The molecule has 0 fully saturated rings. The first-order chi connectivity index (χ1) is 9.96. The molecule has 1 aromatic carbocycles. The third-order valence-electron chi connectivity index (χ3n) is 3.00. The van der Waals surface area contributed by atoms with Gasteiger partial charge in [0.15, 0.2) is 0 Å². The largest absolute Gasteiger partial charge is 0.377 e. The Morgan fingerprint density at radius 3 is 2.33 bits per heavy atom. The van der Waals surface area contributed by atoms with E-state index in [1.54, 1.807) is 0 Å². The Hall–Kier alpha value is -0.950. The Bertz CT molecular complexity index is 500. The van der Waals surface area contributed by atoms with E-state index in [-0.39, 0.29) is 11.9 Å². The van der Waals surface area contributed by atoms with Gasteiger partial charge in [0.25, 0.3) is 0 Å². The summed E-state index contributed by atoms with van der Waals surface area (Å²) in [7, 11) is -3.32. The van der Waals surface area contributed by atoms with Crippen molar-refractivity contribution < 1.29 is 13.2 Å². The van der Waals surface area contributed by atoms with Crippen LogP contribution in [0, 0.1) is 0 Å². The molecular weight excluding hydrogens is 288 g/mol. The van der Waals surface area contributed by atoms with E-state index in [4.69, 9.17) is 4.74 Å². The third-order valence-corrected chi connectivity index (χ3v) is 4.32. The topological polar surface area (TPSA) is 67.4 Å². The van der Waals surface area contributed by atoms with Gasteiger partial charge in [0.05, 0.1) is 11.9 Å². The molecule has 1 aromatic rings. The van der Waals surface area contributed by atoms with E-state index in [2.05, 4.69) is 17.0 Å². The highest BCUT2D eigenvalue weighted by molar-refractivity contribution is 7.88. The summed E-state index contributed by atoms with van der Waals surface area (Å²) >= 11 is 0. The molecule has 0 heterocycles. The van der Waals surface area contributed by atoms with Crippen molar-refractivity contribution in [2.45, 2.75) is 39.2 Å². The van der Waals surface area contributed by atoms with Crippen molar-refractivity contribution in [1.82, 2.24) is 10.0 Å². The van der Waals surface area contributed by atoms with Crippen LogP contribution >= 0.6 is 0 Å². The van der Waals surface area contributed by atoms with Gasteiger partial charge in [-0.2, -0.15) is 0 Å². The zero-order chi connectivity index (χ0) is 15.7. The van der Waals surface area contributed by atoms with Crippen molar-refractivity contribution in [3.05, 3.63) is 35.4 Å². The number of ether oxygens (including phenoxy) is 1. The van der Waals surface area contributed by atoms with E-state index in [1.165, 1.54) is 0 Å². The monoisotopic (exact) mass is 314 g/mol. The van der Waals surface area contributed by atoms with Gasteiger partial charge in [0.2, 0.25) is 10.0 Å². The average molecular weight is 314 g/mol. The Kier molecular flexibility index (Phi) is 7.88. The zero-order valence-corrected chi connectivity index (χ0v) is 13.9. The molecule has 0 saturated heterocycles. The number of nitrogens with one attached hydrogen (secondary N) is 2. The molecule has 5 nitrogen and oxygen atoms in total. The molecule has 0 aliphatic carbocycles. The van der Waals surface area contributed by atoms with Crippen molar-refractivity contribution in [3.8, 4) is 0 Å². The van der Waals surface area contributed by atoms with E-state index >= 15 is 0 Å². The number of rotatable bonds is 10. The minimum Gasteiger partial charge on any atom is -0.377 e. The summed E-state index contributed by atoms with van der Waals surface area (Å²) in [6.07, 6.45) is -0.118. The predicted octanol–water partition coefficient (Wildman–Crippen LogP) is 1.64. The van der Waals surface area contributed by atoms with Gasteiger partial charge >= 0.3 is 0 Å². The maximum absolute atomic E-state index is 12.0. The Labute approximate surface area is 128 Å². The number of hydrogen-bond acceptors (Lipinski definition) is 4. The summed E-state index contributed by atoms with van der Waals surface area (Å²) in [5.41, 5.74) is 1.93. The van der Waals surface area contributed by atoms with Crippen LogP contribution in [0.5, 0.6) is 0 Å². The molecule has 1 unspecified atom stereocenters. The summed E-state index contributed by atoms with van der Waals surface area (Å²) in [4.78, 5) is 0. The molecule has 0 radical (unpaired) electrons. The van der Waals surface area contributed by atoms with Crippen molar-refractivity contribution >= 4 is 10.0 Å². The molecule has 21 heavy (non-hydrogen) atoms. The predicted molar refractivity (Wildman–Crippen MR) is 85.5 cm³/mol. The normalized spacial score (nSPS) is 13.3. The van der Waals surface area contributed by atoms with Crippen LogP contribution in [0.1, 0.15) is 31.9 Å². The van der Waals surface area contributed by atoms with Crippen LogP contribution in [0.4, 0.5) is 0 Å². The second-order valence-corrected chi connectivity index (χ2v) is 6.78. The van der Waals surface area contributed by atoms with Crippen LogP contribution in [-0.2, 0) is 27.1 Å². The van der Waals surface area contributed by atoms with Crippen molar-refractivity contribution in [2.24, 2.45) is 0 Å². The Morgan fingerprint density at radius 2 is 1.76 bits per heavy atom. The van der Waals surface area contributed by atoms with E-state index in [0.29, 0.717) is 13.2 Å². The van der Waals surface area contributed by atoms with Crippen LogP contribution in [0.15, 0.2) is 24.3 Å². The van der Waals surface area contributed by atoms with Crippen LogP contribution in [0.25, 0.3) is 0 Å². The maximum Gasteiger partial charge on any atom is 0.215 e. The molecule has 0 bridgehead atoms. The highest BCUT2D eigenvalue weighted by atomic mass is 32.2. The lowest BCUT2D eigenvalue weighted by molar-refractivity contribution is 0.0799. The fourth-order valence-corrected chi connectivity index (χ4v) is 3.10. The van der Waals surface area contributed by atoms with Crippen molar-refractivity contribution in [1.29, 1.82) is 0 Å². The minimum absolute atomic E-state index is 0.00662. The lowest BCUT2D eigenvalue weighted by atomic mass is 10.1. The lowest BCUT2D eigenvalue weighted by Crippen LogP contribution is -2.33. The minimum atomic E-state index is -3.32. The molecule has 0 aliphatic rings. The smallest absolute Gasteiger partial charge is 0.215 e. The lowest BCUT2D eigenvalue weighted by Gasteiger charge is -2.13. The van der Waals surface area contributed by atoms with Gasteiger partial charge in [-0.15, -0.1) is 0 Å². The summed E-state index contributed by atoms with van der Waals surface area (Å²) in [5.74, 6) is -0.00662. The third kappa shape index (κ3) is 7.57. The molecule has 0 saturated carbocycles. The number of hydrogen-bond donors (Lipinski definition) is 2. The van der Waals surface area contributed by atoms with E-state index in [9.17, 15) is 8.42 Å². The fraction of sp³-hybridized carbons (Fsp3) is 0.600. The van der Waals surface area contributed by atoms with Gasteiger partial charge in [0, 0.05) is 19.7 Å². The van der Waals surface area contributed by atoms with Gasteiger partial charge in [0.1, 0.15) is 0 Å². The van der Waals surface area contributed by atoms with Crippen LogP contribution in [0.3, 0.4) is 0 Å². The summed E-state index contributed by atoms with van der Waals surface area (Å²) < 4.78 is 31.9. The SMILES string of the molecule is CCNCc1ccc(CS(=O)(=O)NCC(C)OCC)cc1. The molecule has 0 amide bonds. The van der Waals surface area contributed by atoms with Gasteiger partial charge in [-0.05, 0) is 31.5 Å². The standard InChI is InChI=1S/C15H26N2O3S/c1-4-16-11-14-6-8-15(9-7-14)12-21(18,19)17-10-13(3)20-5-2/h6-9,13,16-17H,4-5,10-12H2,1-3H3. The van der Waals surface area contributed by atoms with Crippen LogP contribution < -0.4 is 10.0 Å². The van der Waals surface area contributed by atoms with Crippen molar-refractivity contribution in [2.75, 3.05) is 19.7 Å². The zero-order valence-electron chi connectivity index (χ0n) is 13.1. The number of benzene rings is 1. The second kappa shape index (κ2) is 9.15. The first-order valence-electron chi connectivity index (χ1n) is 7.34. The van der Waals surface area contributed by atoms with Crippen molar-refractivity contribution in [3.63, 3.8) is 0 Å². The summed E-state index contributed by atoms with van der Waals surface area (Å²) in [6, 6.07) is 7.63. The summed E-state index contributed by atoms with van der Waals surface area (Å²) in [6.45, 7) is 8.38. The molecular formula is C15H26N2O3S. The first kappa shape index (κ1) is 18.1. The fourth-order valence-electron chi connectivity index (χ4n) is 1.88. The van der Waals surface area contributed by atoms with Gasteiger partial charge in [-0.3, -0.25) is 0 Å². The van der Waals surface area contributed by atoms with Crippen LogP contribution in [0.2, 0.25) is 0 Å². The quantitative estimate of drug-likeness (QED) is 0.689. The average Bonchev–Trinajstić information content (AvgIpc) is 2.45. The maximum atomic E-state index is 12.0. The highest BCUT2D eigenvalue weighted by Crippen LogP contribution is 2.08. The van der Waals surface area contributed by atoms with Crippen LogP contribution in [-0.4, -0.2) is 34.2 Å². The van der Waals surface area contributed by atoms with Gasteiger partial charge in [-0.25, -0.2) is 13.1 Å². The molecule has 1 atom stereocenters. The molecule has 0 spiro atoms. The first-order valence-corrected chi connectivity index (χ1v) is 8.99. The molecule has 120 valence electrons. The van der Waals surface area contributed by atoms with Gasteiger partial charge < -0.3 is 10.1 Å². The molecule has 0 aliphatic heterocycles. The Morgan fingerprint density at radius 1 is 1.14 bits per heavy atom.